The van der Waals surface area contributed by atoms with E-state index in [2.05, 4.69) is 20.3 Å². The number of aromatic nitrogens is 3. The summed E-state index contributed by atoms with van der Waals surface area (Å²) < 4.78 is 57.4. The highest BCUT2D eigenvalue weighted by Crippen LogP contribution is 2.39. The SMILES string of the molecule is CC1COc2nc(c3cc(N4CCOCC4=O)ncc3n2)NCc2cccc(C(F)(F)F)c2O1. The van der Waals surface area contributed by atoms with Crippen molar-refractivity contribution in [3.63, 3.8) is 0 Å². The number of carbonyl (C=O) groups is 1. The highest BCUT2D eigenvalue weighted by molar-refractivity contribution is 5.97. The van der Waals surface area contributed by atoms with Gasteiger partial charge >= 0.3 is 12.2 Å². The van der Waals surface area contributed by atoms with Crippen LogP contribution in [0.15, 0.2) is 30.5 Å². The summed E-state index contributed by atoms with van der Waals surface area (Å²) in [6.07, 6.45) is -3.78. The Labute approximate surface area is 191 Å². The van der Waals surface area contributed by atoms with E-state index in [1.807, 2.05) is 0 Å². The fourth-order valence-corrected chi connectivity index (χ4v) is 3.80. The van der Waals surface area contributed by atoms with Gasteiger partial charge < -0.3 is 19.5 Å². The van der Waals surface area contributed by atoms with Gasteiger partial charge in [0.15, 0.2) is 0 Å². The largest absolute Gasteiger partial charge is 0.486 e. The van der Waals surface area contributed by atoms with E-state index in [0.717, 1.165) is 6.07 Å². The number of carbonyl (C=O) groups excluding carboxylic acids is 1. The van der Waals surface area contributed by atoms with Gasteiger partial charge in [0.2, 0.25) is 0 Å². The van der Waals surface area contributed by atoms with Crippen molar-refractivity contribution in [1.82, 2.24) is 15.0 Å². The predicted molar refractivity (Wildman–Crippen MR) is 115 cm³/mol. The molecule has 1 fully saturated rings. The van der Waals surface area contributed by atoms with Gasteiger partial charge in [-0.1, -0.05) is 12.1 Å². The van der Waals surface area contributed by atoms with Crippen LogP contribution in [0.4, 0.5) is 24.8 Å². The second-order valence-corrected chi connectivity index (χ2v) is 7.90. The Bertz CT molecular complexity index is 1250. The van der Waals surface area contributed by atoms with E-state index in [1.165, 1.54) is 17.2 Å². The van der Waals surface area contributed by atoms with Gasteiger partial charge in [-0.3, -0.25) is 9.69 Å². The second kappa shape index (κ2) is 8.60. The van der Waals surface area contributed by atoms with Crippen LogP contribution in [-0.4, -0.2) is 53.3 Å². The third-order valence-corrected chi connectivity index (χ3v) is 5.42. The summed E-state index contributed by atoms with van der Waals surface area (Å²) in [5, 5.41) is 3.62. The molecule has 2 aliphatic heterocycles. The Morgan fingerprint density at radius 1 is 1.24 bits per heavy atom. The number of alkyl halides is 3. The van der Waals surface area contributed by atoms with Crippen LogP contribution in [0.25, 0.3) is 10.9 Å². The van der Waals surface area contributed by atoms with Gasteiger partial charge in [-0.2, -0.15) is 23.1 Å². The van der Waals surface area contributed by atoms with Gasteiger partial charge in [-0.25, -0.2) is 4.98 Å². The minimum absolute atomic E-state index is 0.00562. The molecule has 1 atom stereocenters. The zero-order chi connectivity index (χ0) is 23.9. The lowest BCUT2D eigenvalue weighted by Gasteiger charge is -2.26. The van der Waals surface area contributed by atoms with Crippen molar-refractivity contribution < 1.29 is 32.2 Å². The Balaban J connectivity index is 1.58. The first-order valence-corrected chi connectivity index (χ1v) is 10.6. The number of halogens is 3. The van der Waals surface area contributed by atoms with Crippen LogP contribution in [0.5, 0.6) is 11.8 Å². The molecule has 1 aromatic carbocycles. The Kier molecular flexibility index (Phi) is 5.60. The van der Waals surface area contributed by atoms with E-state index in [0.29, 0.717) is 41.3 Å². The quantitative estimate of drug-likeness (QED) is 0.573. The number of nitrogens with one attached hydrogen (secondary N) is 1. The molecule has 0 spiro atoms. The van der Waals surface area contributed by atoms with Crippen molar-refractivity contribution in [3.05, 3.63) is 41.6 Å². The number of nitrogens with zero attached hydrogens (tertiary/aromatic N) is 4. The zero-order valence-electron chi connectivity index (χ0n) is 18.1. The first-order valence-electron chi connectivity index (χ1n) is 10.6. The third-order valence-electron chi connectivity index (χ3n) is 5.42. The molecule has 1 unspecified atom stereocenters. The van der Waals surface area contributed by atoms with Crippen molar-refractivity contribution in [3.8, 4) is 11.8 Å². The van der Waals surface area contributed by atoms with Gasteiger partial charge in [0.25, 0.3) is 5.91 Å². The average Bonchev–Trinajstić information content (AvgIpc) is 2.83. The van der Waals surface area contributed by atoms with Crippen LogP contribution in [0, 0.1) is 0 Å². The predicted octanol–water partition coefficient (Wildman–Crippen LogP) is 3.18. The van der Waals surface area contributed by atoms with E-state index in [1.54, 1.807) is 19.1 Å². The molecule has 3 aromatic rings. The Morgan fingerprint density at radius 2 is 2.09 bits per heavy atom. The lowest BCUT2D eigenvalue weighted by molar-refractivity contribution is -0.139. The fourth-order valence-electron chi connectivity index (χ4n) is 3.80. The third kappa shape index (κ3) is 4.28. The number of pyridine rings is 1. The molecule has 9 nitrogen and oxygen atoms in total. The number of fused-ring (bicyclic) bond motifs is 5. The number of para-hydroxylation sites is 1. The molecule has 12 heteroatoms. The van der Waals surface area contributed by atoms with Gasteiger partial charge in [0.1, 0.15) is 36.7 Å². The molecule has 0 saturated carbocycles. The van der Waals surface area contributed by atoms with Gasteiger partial charge in [-0.05, 0) is 19.1 Å². The molecule has 178 valence electrons. The number of hydrogen-bond acceptors (Lipinski definition) is 8. The first-order chi connectivity index (χ1) is 16.3. The molecule has 4 heterocycles. The highest BCUT2D eigenvalue weighted by atomic mass is 19.4. The summed E-state index contributed by atoms with van der Waals surface area (Å²) in [4.78, 5) is 26.9. The van der Waals surface area contributed by atoms with Crippen molar-refractivity contribution >= 4 is 28.4 Å². The summed E-state index contributed by atoms with van der Waals surface area (Å²) in [6.45, 7) is 2.25. The molecule has 2 aromatic heterocycles. The minimum Gasteiger partial charge on any atom is -0.486 e. The van der Waals surface area contributed by atoms with E-state index in [4.69, 9.17) is 14.2 Å². The average molecular weight is 475 g/mol. The van der Waals surface area contributed by atoms with Crippen LogP contribution < -0.4 is 19.7 Å². The van der Waals surface area contributed by atoms with Crippen LogP contribution in [-0.2, 0) is 22.3 Å². The van der Waals surface area contributed by atoms with E-state index in [9.17, 15) is 18.0 Å². The summed E-state index contributed by atoms with van der Waals surface area (Å²) >= 11 is 0. The lowest BCUT2D eigenvalue weighted by Crippen LogP contribution is -2.42. The number of anilines is 2. The summed E-state index contributed by atoms with van der Waals surface area (Å²) in [7, 11) is 0. The topological polar surface area (TPSA) is 98.7 Å². The molecule has 0 radical (unpaired) electrons. The van der Waals surface area contributed by atoms with Gasteiger partial charge in [-0.15, -0.1) is 0 Å². The highest BCUT2D eigenvalue weighted by Gasteiger charge is 2.36. The molecule has 34 heavy (non-hydrogen) atoms. The normalized spacial score (nSPS) is 18.9. The maximum absolute atomic E-state index is 13.6. The van der Waals surface area contributed by atoms with Crippen LogP contribution in [0.3, 0.4) is 0 Å². The number of hydrogen-bond donors (Lipinski definition) is 1. The summed E-state index contributed by atoms with van der Waals surface area (Å²) in [5.41, 5.74) is -0.0959. The maximum atomic E-state index is 13.6. The van der Waals surface area contributed by atoms with Gasteiger partial charge in [0.05, 0.1) is 30.4 Å². The van der Waals surface area contributed by atoms with E-state index in [-0.39, 0.29) is 37.4 Å². The Hall–Kier alpha value is -3.67. The Morgan fingerprint density at radius 3 is 2.88 bits per heavy atom. The summed E-state index contributed by atoms with van der Waals surface area (Å²) in [5.74, 6) is 0.260. The molecule has 1 N–H and O–H groups in total. The van der Waals surface area contributed by atoms with Crippen molar-refractivity contribution in [2.75, 3.05) is 36.6 Å². The first kappa shape index (κ1) is 22.1. The summed E-state index contributed by atoms with van der Waals surface area (Å²) in [6, 6.07) is 5.58. The smallest absolute Gasteiger partial charge is 0.419 e. The van der Waals surface area contributed by atoms with E-state index < -0.39 is 17.8 Å². The van der Waals surface area contributed by atoms with Crippen LogP contribution in [0.1, 0.15) is 18.1 Å². The molecule has 1 amide bonds. The van der Waals surface area contributed by atoms with Crippen molar-refractivity contribution in [2.24, 2.45) is 0 Å². The van der Waals surface area contributed by atoms with Crippen LogP contribution in [0.2, 0.25) is 0 Å². The lowest BCUT2D eigenvalue weighted by atomic mass is 10.1. The minimum atomic E-state index is -4.58. The number of benzene rings is 1. The molecular weight excluding hydrogens is 455 g/mol. The number of ether oxygens (including phenoxy) is 3. The fraction of sp³-hybridized carbons (Fsp3) is 0.364. The zero-order valence-corrected chi connectivity index (χ0v) is 18.1. The van der Waals surface area contributed by atoms with Gasteiger partial charge in [0, 0.05) is 17.5 Å². The van der Waals surface area contributed by atoms with Crippen LogP contribution >= 0.6 is 0 Å². The number of morpholine rings is 1. The monoisotopic (exact) mass is 475 g/mol. The van der Waals surface area contributed by atoms with Crippen molar-refractivity contribution in [2.45, 2.75) is 25.7 Å². The molecule has 2 bridgehead atoms. The number of amides is 1. The second-order valence-electron chi connectivity index (χ2n) is 7.90. The molecule has 5 rings (SSSR count). The molecular formula is C22H20F3N5O4. The molecule has 0 aliphatic carbocycles. The number of rotatable bonds is 1. The van der Waals surface area contributed by atoms with Crippen molar-refractivity contribution in [1.29, 1.82) is 0 Å². The standard InChI is InChI=1S/C22H20F3N5O4/c1-12-10-33-21-28-16-9-26-17(30-5-6-32-11-18(30)31)7-14(16)20(29-21)27-8-13-3-2-4-15(19(13)34-12)22(23,24)25/h2-4,7,9,12H,5-6,8,10-11H2,1H3,(H,27,28,29). The van der Waals surface area contributed by atoms with E-state index >= 15 is 0 Å². The maximum Gasteiger partial charge on any atom is 0.419 e. The molecule has 2 aliphatic rings. The molecule has 1 saturated heterocycles.